The van der Waals surface area contributed by atoms with Crippen molar-refractivity contribution in [1.82, 2.24) is 4.98 Å². The first kappa shape index (κ1) is 12.6. The second kappa shape index (κ2) is 4.90. The Morgan fingerprint density at radius 1 is 1.25 bits per heavy atom. The van der Waals surface area contributed by atoms with Crippen LogP contribution < -0.4 is 11.1 Å². The molecule has 1 amide bonds. The predicted molar refractivity (Wildman–Crippen MR) is 78.4 cm³/mol. The molecule has 0 saturated heterocycles. The molecule has 0 aliphatic heterocycles. The van der Waals surface area contributed by atoms with Crippen molar-refractivity contribution in [3.63, 3.8) is 0 Å². The fourth-order valence-corrected chi connectivity index (χ4v) is 2.71. The largest absolute Gasteiger partial charge is 0.399 e. The van der Waals surface area contributed by atoms with Crippen molar-refractivity contribution in [2.45, 2.75) is 0 Å². The topological polar surface area (TPSA) is 68.0 Å². The predicted octanol–water partition coefficient (Wildman–Crippen LogP) is 3.27. The molecule has 3 rings (SSSR count). The van der Waals surface area contributed by atoms with Crippen molar-refractivity contribution in [1.29, 1.82) is 0 Å². The van der Waals surface area contributed by atoms with E-state index in [1.807, 2.05) is 0 Å². The van der Waals surface area contributed by atoms with E-state index < -0.39 is 11.7 Å². The SMILES string of the molecule is Nc1ccc2nc(NC(=O)c3ccccc3F)sc2c1. The maximum atomic E-state index is 13.5. The van der Waals surface area contributed by atoms with Crippen LogP contribution in [0.2, 0.25) is 0 Å². The second-order valence-electron chi connectivity index (χ2n) is 4.18. The number of nitrogen functional groups attached to an aromatic ring is 1. The van der Waals surface area contributed by atoms with Gasteiger partial charge >= 0.3 is 0 Å². The summed E-state index contributed by atoms with van der Waals surface area (Å²) in [7, 11) is 0. The molecule has 0 bridgehead atoms. The van der Waals surface area contributed by atoms with Gasteiger partial charge in [-0.15, -0.1) is 0 Å². The van der Waals surface area contributed by atoms with Gasteiger partial charge in [0.05, 0.1) is 15.8 Å². The Morgan fingerprint density at radius 2 is 2.05 bits per heavy atom. The van der Waals surface area contributed by atoms with Crippen LogP contribution >= 0.6 is 11.3 Å². The first-order valence-electron chi connectivity index (χ1n) is 5.85. The molecule has 20 heavy (non-hydrogen) atoms. The summed E-state index contributed by atoms with van der Waals surface area (Å²) in [5.41, 5.74) is 7.06. The van der Waals surface area contributed by atoms with E-state index in [2.05, 4.69) is 10.3 Å². The number of rotatable bonds is 2. The molecule has 3 N–H and O–H groups in total. The van der Waals surface area contributed by atoms with Gasteiger partial charge in [-0.05, 0) is 30.3 Å². The smallest absolute Gasteiger partial charge is 0.260 e. The molecular weight excluding hydrogens is 277 g/mol. The van der Waals surface area contributed by atoms with Crippen molar-refractivity contribution < 1.29 is 9.18 Å². The van der Waals surface area contributed by atoms with Crippen molar-refractivity contribution in [2.24, 2.45) is 0 Å². The average molecular weight is 287 g/mol. The highest BCUT2D eigenvalue weighted by atomic mass is 32.1. The number of carbonyl (C=O) groups is 1. The number of hydrogen-bond donors (Lipinski definition) is 2. The molecule has 0 fully saturated rings. The van der Waals surface area contributed by atoms with Crippen molar-refractivity contribution in [3.05, 3.63) is 53.8 Å². The number of hydrogen-bond acceptors (Lipinski definition) is 4. The molecule has 0 spiro atoms. The molecule has 3 aromatic rings. The first-order chi connectivity index (χ1) is 9.63. The molecule has 0 unspecified atom stereocenters. The minimum absolute atomic E-state index is 0.00808. The number of nitrogens with two attached hydrogens (primary N) is 1. The van der Waals surface area contributed by atoms with E-state index in [1.54, 1.807) is 24.3 Å². The molecule has 1 aromatic heterocycles. The van der Waals surface area contributed by atoms with E-state index in [-0.39, 0.29) is 5.56 Å². The minimum atomic E-state index is -0.560. The quantitative estimate of drug-likeness (QED) is 0.711. The summed E-state index contributed by atoms with van der Waals surface area (Å²) in [5.74, 6) is -1.08. The molecule has 0 atom stereocenters. The van der Waals surface area contributed by atoms with E-state index in [1.165, 1.54) is 29.5 Å². The zero-order valence-electron chi connectivity index (χ0n) is 10.3. The molecule has 0 radical (unpaired) electrons. The highest BCUT2D eigenvalue weighted by molar-refractivity contribution is 7.22. The van der Waals surface area contributed by atoms with E-state index in [4.69, 9.17) is 5.73 Å². The number of anilines is 2. The van der Waals surface area contributed by atoms with Crippen molar-refractivity contribution in [2.75, 3.05) is 11.1 Å². The normalized spacial score (nSPS) is 10.7. The van der Waals surface area contributed by atoms with Crippen LogP contribution in [0, 0.1) is 5.82 Å². The van der Waals surface area contributed by atoms with Gasteiger partial charge in [-0.2, -0.15) is 0 Å². The Hall–Kier alpha value is -2.47. The van der Waals surface area contributed by atoms with Crippen LogP contribution in [-0.2, 0) is 0 Å². The van der Waals surface area contributed by atoms with Crippen LogP contribution in [-0.4, -0.2) is 10.9 Å². The number of carbonyl (C=O) groups excluding carboxylic acids is 1. The Kier molecular flexibility index (Phi) is 3.08. The molecule has 100 valence electrons. The fraction of sp³-hybridized carbons (Fsp3) is 0. The van der Waals surface area contributed by atoms with Gasteiger partial charge in [-0.25, -0.2) is 9.37 Å². The maximum absolute atomic E-state index is 13.5. The van der Waals surface area contributed by atoms with Gasteiger partial charge in [0.2, 0.25) is 0 Å². The molecule has 0 saturated carbocycles. The summed E-state index contributed by atoms with van der Waals surface area (Å²) in [6, 6.07) is 11.1. The van der Waals surface area contributed by atoms with Gasteiger partial charge in [-0.1, -0.05) is 23.5 Å². The summed E-state index contributed by atoms with van der Waals surface area (Å²) in [4.78, 5) is 16.2. The second-order valence-corrected chi connectivity index (χ2v) is 5.21. The van der Waals surface area contributed by atoms with Crippen LogP contribution in [0.25, 0.3) is 10.2 Å². The van der Waals surface area contributed by atoms with Gasteiger partial charge in [0.25, 0.3) is 5.91 Å². The van der Waals surface area contributed by atoms with Crippen LogP contribution in [0.4, 0.5) is 15.2 Å². The molecule has 0 aliphatic carbocycles. The van der Waals surface area contributed by atoms with Gasteiger partial charge < -0.3 is 5.73 Å². The maximum Gasteiger partial charge on any atom is 0.260 e. The average Bonchev–Trinajstić information content (AvgIpc) is 2.80. The molecule has 4 nitrogen and oxygen atoms in total. The van der Waals surface area contributed by atoms with Gasteiger partial charge in [0, 0.05) is 5.69 Å². The number of benzene rings is 2. The molecule has 2 aromatic carbocycles. The Balaban J connectivity index is 1.89. The highest BCUT2D eigenvalue weighted by Gasteiger charge is 2.13. The van der Waals surface area contributed by atoms with Crippen LogP contribution in [0.3, 0.4) is 0 Å². The number of halogens is 1. The molecule has 6 heteroatoms. The highest BCUT2D eigenvalue weighted by Crippen LogP contribution is 2.27. The number of nitrogens with zero attached hydrogens (tertiary/aromatic N) is 1. The lowest BCUT2D eigenvalue weighted by Gasteiger charge is -2.02. The first-order valence-corrected chi connectivity index (χ1v) is 6.67. The molecule has 0 aliphatic rings. The van der Waals surface area contributed by atoms with Gasteiger partial charge in [0.15, 0.2) is 5.13 Å². The van der Waals surface area contributed by atoms with Crippen LogP contribution in [0.5, 0.6) is 0 Å². The van der Waals surface area contributed by atoms with E-state index >= 15 is 0 Å². The standard InChI is InChI=1S/C14H10FN3OS/c15-10-4-2-1-3-9(10)13(19)18-14-17-11-6-5-8(16)7-12(11)20-14/h1-7H,16H2,(H,17,18,19). The zero-order chi connectivity index (χ0) is 14.1. The number of amides is 1. The summed E-state index contributed by atoms with van der Waals surface area (Å²) in [6.07, 6.45) is 0. The number of thiazole rings is 1. The third-order valence-corrected chi connectivity index (χ3v) is 3.69. The number of aromatic nitrogens is 1. The molecule has 1 heterocycles. The number of nitrogens with one attached hydrogen (secondary N) is 1. The fourth-order valence-electron chi connectivity index (χ4n) is 1.80. The summed E-state index contributed by atoms with van der Waals surface area (Å²) < 4.78 is 14.4. The van der Waals surface area contributed by atoms with Crippen molar-refractivity contribution >= 4 is 38.3 Å². The lowest BCUT2D eigenvalue weighted by atomic mass is 10.2. The van der Waals surface area contributed by atoms with E-state index in [9.17, 15) is 9.18 Å². The summed E-state index contributed by atoms with van der Waals surface area (Å²) >= 11 is 1.29. The third-order valence-electron chi connectivity index (χ3n) is 2.75. The van der Waals surface area contributed by atoms with Crippen molar-refractivity contribution in [3.8, 4) is 0 Å². The Labute approximate surface area is 118 Å². The lowest BCUT2D eigenvalue weighted by molar-refractivity contribution is 0.102. The lowest BCUT2D eigenvalue weighted by Crippen LogP contribution is -2.13. The van der Waals surface area contributed by atoms with Crippen LogP contribution in [0.15, 0.2) is 42.5 Å². The van der Waals surface area contributed by atoms with Gasteiger partial charge in [-0.3, -0.25) is 10.1 Å². The summed E-state index contributed by atoms with van der Waals surface area (Å²) in [5, 5.41) is 3.01. The Morgan fingerprint density at radius 3 is 2.85 bits per heavy atom. The third kappa shape index (κ3) is 2.33. The van der Waals surface area contributed by atoms with Crippen LogP contribution in [0.1, 0.15) is 10.4 Å². The monoisotopic (exact) mass is 287 g/mol. The minimum Gasteiger partial charge on any atom is -0.399 e. The molecular formula is C14H10FN3OS. The van der Waals surface area contributed by atoms with Gasteiger partial charge in [0.1, 0.15) is 5.82 Å². The zero-order valence-corrected chi connectivity index (χ0v) is 11.1. The number of fused-ring (bicyclic) bond motifs is 1. The van der Waals surface area contributed by atoms with E-state index in [0.717, 1.165) is 10.2 Å². The van der Waals surface area contributed by atoms with E-state index in [0.29, 0.717) is 10.8 Å². The summed E-state index contributed by atoms with van der Waals surface area (Å²) in [6.45, 7) is 0. The Bertz CT molecular complexity index is 800.